The standard InChI is InChI=1S/C13H23N3O/c1-6-16(7-2)13(3,4)12(17)8-11-9-14-15(5)10-11/h9-10H,6-8H2,1-5H3. The first kappa shape index (κ1) is 13.9. The molecule has 0 saturated carbocycles. The van der Waals surface area contributed by atoms with E-state index < -0.39 is 5.54 Å². The second-order valence-electron chi connectivity index (χ2n) is 4.85. The third kappa shape index (κ3) is 3.16. The minimum absolute atomic E-state index is 0.245. The Bertz CT molecular complexity index is 378. The largest absolute Gasteiger partial charge is 0.297 e. The van der Waals surface area contributed by atoms with Gasteiger partial charge in [0.1, 0.15) is 0 Å². The minimum atomic E-state index is -0.403. The molecule has 0 bridgehead atoms. The maximum absolute atomic E-state index is 12.3. The highest BCUT2D eigenvalue weighted by atomic mass is 16.1. The summed E-state index contributed by atoms with van der Waals surface area (Å²) in [5, 5.41) is 4.09. The summed E-state index contributed by atoms with van der Waals surface area (Å²) in [6.07, 6.45) is 4.11. The van der Waals surface area contributed by atoms with E-state index in [4.69, 9.17) is 0 Å². The first-order chi connectivity index (χ1) is 7.91. The molecule has 0 spiro atoms. The topological polar surface area (TPSA) is 38.1 Å². The molecule has 0 unspecified atom stereocenters. The molecule has 1 aromatic rings. The number of carbonyl (C=O) groups is 1. The normalized spacial score (nSPS) is 12.1. The molecule has 4 nitrogen and oxygen atoms in total. The lowest BCUT2D eigenvalue weighted by Gasteiger charge is -2.35. The number of aryl methyl sites for hydroxylation is 1. The van der Waals surface area contributed by atoms with E-state index in [2.05, 4.69) is 23.8 Å². The molecule has 0 aliphatic carbocycles. The van der Waals surface area contributed by atoms with Crippen molar-refractivity contribution < 1.29 is 4.79 Å². The first-order valence-corrected chi connectivity index (χ1v) is 6.17. The second-order valence-corrected chi connectivity index (χ2v) is 4.85. The average molecular weight is 237 g/mol. The first-order valence-electron chi connectivity index (χ1n) is 6.17. The smallest absolute Gasteiger partial charge is 0.156 e. The maximum atomic E-state index is 12.3. The van der Waals surface area contributed by atoms with Gasteiger partial charge in [-0.05, 0) is 32.5 Å². The van der Waals surface area contributed by atoms with Gasteiger partial charge in [0, 0.05) is 19.7 Å². The predicted molar refractivity (Wildman–Crippen MR) is 68.9 cm³/mol. The number of hydrogen-bond donors (Lipinski definition) is 0. The zero-order valence-corrected chi connectivity index (χ0v) is 11.5. The van der Waals surface area contributed by atoms with Gasteiger partial charge in [0.2, 0.25) is 0 Å². The number of ketones is 1. The lowest BCUT2D eigenvalue weighted by molar-refractivity contribution is -0.128. The van der Waals surface area contributed by atoms with Gasteiger partial charge in [-0.25, -0.2) is 0 Å². The van der Waals surface area contributed by atoms with E-state index in [1.54, 1.807) is 10.9 Å². The molecule has 0 aliphatic heterocycles. The SMILES string of the molecule is CCN(CC)C(C)(C)C(=O)Cc1cnn(C)c1. The molecule has 17 heavy (non-hydrogen) atoms. The summed E-state index contributed by atoms with van der Waals surface area (Å²) in [4.78, 5) is 14.5. The van der Waals surface area contributed by atoms with Gasteiger partial charge in [-0.3, -0.25) is 14.4 Å². The summed E-state index contributed by atoms with van der Waals surface area (Å²) < 4.78 is 1.73. The Labute approximate surface area is 104 Å². The highest BCUT2D eigenvalue weighted by Gasteiger charge is 2.32. The van der Waals surface area contributed by atoms with Gasteiger partial charge in [0.25, 0.3) is 0 Å². The molecule has 96 valence electrons. The fourth-order valence-electron chi connectivity index (χ4n) is 2.16. The number of nitrogens with zero attached hydrogens (tertiary/aromatic N) is 3. The molecule has 0 aliphatic rings. The molecular weight excluding hydrogens is 214 g/mol. The van der Waals surface area contributed by atoms with Crippen LogP contribution < -0.4 is 0 Å². The van der Waals surface area contributed by atoms with E-state index in [1.807, 2.05) is 27.1 Å². The maximum Gasteiger partial charge on any atom is 0.156 e. The summed E-state index contributed by atoms with van der Waals surface area (Å²) in [6, 6.07) is 0. The van der Waals surface area contributed by atoms with Crippen molar-refractivity contribution in [3.05, 3.63) is 18.0 Å². The van der Waals surface area contributed by atoms with E-state index >= 15 is 0 Å². The Morgan fingerprint density at radius 1 is 1.41 bits per heavy atom. The highest BCUT2D eigenvalue weighted by Crippen LogP contribution is 2.17. The number of aromatic nitrogens is 2. The van der Waals surface area contributed by atoms with Crippen LogP contribution in [0.3, 0.4) is 0 Å². The average Bonchev–Trinajstić information content (AvgIpc) is 2.65. The number of likely N-dealkylation sites (N-methyl/N-ethyl adjacent to an activating group) is 1. The Kier molecular flexibility index (Phi) is 4.46. The third-order valence-electron chi connectivity index (χ3n) is 3.36. The van der Waals surface area contributed by atoms with Crippen molar-refractivity contribution in [2.24, 2.45) is 7.05 Å². The van der Waals surface area contributed by atoms with E-state index in [0.29, 0.717) is 6.42 Å². The minimum Gasteiger partial charge on any atom is -0.297 e. The van der Waals surface area contributed by atoms with E-state index in [-0.39, 0.29) is 5.78 Å². The van der Waals surface area contributed by atoms with Crippen molar-refractivity contribution in [2.75, 3.05) is 13.1 Å². The van der Waals surface area contributed by atoms with Gasteiger partial charge in [0.15, 0.2) is 5.78 Å². The quantitative estimate of drug-likeness (QED) is 0.755. The molecule has 0 amide bonds. The monoisotopic (exact) mass is 237 g/mol. The van der Waals surface area contributed by atoms with Crippen LogP contribution in [0.4, 0.5) is 0 Å². The van der Waals surface area contributed by atoms with Crippen molar-refractivity contribution in [3.63, 3.8) is 0 Å². The molecule has 0 aromatic carbocycles. The number of carbonyl (C=O) groups excluding carboxylic acids is 1. The van der Waals surface area contributed by atoms with E-state index in [1.165, 1.54) is 0 Å². The fourth-order valence-corrected chi connectivity index (χ4v) is 2.16. The van der Waals surface area contributed by atoms with Crippen LogP contribution in [0.2, 0.25) is 0 Å². The molecule has 1 heterocycles. The van der Waals surface area contributed by atoms with Gasteiger partial charge in [-0.15, -0.1) is 0 Å². The third-order valence-corrected chi connectivity index (χ3v) is 3.36. The number of hydrogen-bond acceptors (Lipinski definition) is 3. The van der Waals surface area contributed by atoms with Gasteiger partial charge < -0.3 is 0 Å². The lowest BCUT2D eigenvalue weighted by Crippen LogP contribution is -2.50. The molecule has 0 N–H and O–H groups in total. The second kappa shape index (κ2) is 5.45. The zero-order chi connectivity index (χ0) is 13.1. The number of rotatable bonds is 6. The van der Waals surface area contributed by atoms with Crippen LogP contribution in [0, 0.1) is 0 Å². The Morgan fingerprint density at radius 3 is 2.41 bits per heavy atom. The van der Waals surface area contributed by atoms with Crippen LogP contribution in [0.25, 0.3) is 0 Å². The van der Waals surface area contributed by atoms with Gasteiger partial charge >= 0.3 is 0 Å². The van der Waals surface area contributed by atoms with Crippen molar-refractivity contribution >= 4 is 5.78 Å². The molecule has 0 radical (unpaired) electrons. The van der Waals surface area contributed by atoms with Gasteiger partial charge in [-0.2, -0.15) is 5.10 Å². The fraction of sp³-hybridized carbons (Fsp3) is 0.692. The van der Waals surface area contributed by atoms with Crippen LogP contribution in [0.5, 0.6) is 0 Å². The summed E-state index contributed by atoms with van der Waals surface area (Å²) in [5.41, 5.74) is 0.581. The summed E-state index contributed by atoms with van der Waals surface area (Å²) >= 11 is 0. The molecule has 0 fully saturated rings. The Balaban J connectivity index is 2.75. The van der Waals surface area contributed by atoms with Gasteiger partial charge in [-0.1, -0.05) is 13.8 Å². The van der Waals surface area contributed by atoms with E-state index in [0.717, 1.165) is 18.7 Å². The van der Waals surface area contributed by atoms with E-state index in [9.17, 15) is 4.79 Å². The molecule has 4 heteroatoms. The van der Waals surface area contributed by atoms with Crippen molar-refractivity contribution in [2.45, 2.75) is 39.7 Å². The Hall–Kier alpha value is -1.16. The van der Waals surface area contributed by atoms with Crippen molar-refractivity contribution in [1.29, 1.82) is 0 Å². The van der Waals surface area contributed by atoms with Gasteiger partial charge in [0.05, 0.1) is 11.7 Å². The van der Waals surface area contributed by atoms with Crippen LogP contribution in [-0.4, -0.2) is 39.1 Å². The molecule has 1 aromatic heterocycles. The molecular formula is C13H23N3O. The Morgan fingerprint density at radius 2 is 2.00 bits per heavy atom. The lowest BCUT2D eigenvalue weighted by atomic mass is 9.92. The summed E-state index contributed by atoms with van der Waals surface area (Å²) in [5.74, 6) is 0.245. The number of Topliss-reactive ketones (excluding diaryl/α,β-unsaturated/α-hetero) is 1. The van der Waals surface area contributed by atoms with Crippen LogP contribution >= 0.6 is 0 Å². The molecule has 0 saturated heterocycles. The van der Waals surface area contributed by atoms with Crippen LogP contribution in [0.15, 0.2) is 12.4 Å². The molecule has 0 atom stereocenters. The molecule has 1 rings (SSSR count). The summed E-state index contributed by atoms with van der Waals surface area (Å²) in [7, 11) is 1.86. The highest BCUT2D eigenvalue weighted by molar-refractivity contribution is 5.89. The van der Waals surface area contributed by atoms with Crippen molar-refractivity contribution in [1.82, 2.24) is 14.7 Å². The predicted octanol–water partition coefficient (Wildman–Crippen LogP) is 1.65. The zero-order valence-electron chi connectivity index (χ0n) is 11.5. The van der Waals surface area contributed by atoms with Crippen molar-refractivity contribution in [3.8, 4) is 0 Å². The van der Waals surface area contributed by atoms with Crippen LogP contribution in [-0.2, 0) is 18.3 Å². The summed E-state index contributed by atoms with van der Waals surface area (Å²) in [6.45, 7) is 9.95. The van der Waals surface area contributed by atoms with Crippen LogP contribution in [0.1, 0.15) is 33.3 Å².